The van der Waals surface area contributed by atoms with E-state index in [1.165, 1.54) is 0 Å². The molecular formula is C13H26OSi. The molecule has 0 N–H and O–H groups in total. The molecule has 0 spiro atoms. The Kier molecular flexibility index (Phi) is 5.62. The summed E-state index contributed by atoms with van der Waals surface area (Å²) >= 11 is 0. The molecule has 0 saturated heterocycles. The lowest BCUT2D eigenvalue weighted by Crippen LogP contribution is -2.40. The first-order valence-electron chi connectivity index (χ1n) is 5.76. The van der Waals surface area contributed by atoms with Crippen LogP contribution in [0.25, 0.3) is 0 Å². The van der Waals surface area contributed by atoms with Crippen LogP contribution in [0.15, 0.2) is 0 Å². The van der Waals surface area contributed by atoms with Crippen LogP contribution in [0.5, 0.6) is 0 Å². The summed E-state index contributed by atoms with van der Waals surface area (Å²) in [6.07, 6.45) is 0.973. The zero-order valence-corrected chi connectivity index (χ0v) is 12.4. The Hall–Kier alpha value is -0.263. The topological polar surface area (TPSA) is 9.23 Å². The molecule has 0 heterocycles. The molecule has 0 saturated carbocycles. The maximum atomic E-state index is 5.94. The third-order valence-electron chi connectivity index (χ3n) is 2.95. The van der Waals surface area contributed by atoms with Gasteiger partial charge in [-0.2, -0.15) is 0 Å². The van der Waals surface area contributed by atoms with Crippen molar-refractivity contribution >= 4 is 8.32 Å². The summed E-state index contributed by atoms with van der Waals surface area (Å²) in [6.45, 7) is 16.2. The van der Waals surface area contributed by atoms with Crippen molar-refractivity contribution in [2.75, 3.05) is 6.61 Å². The van der Waals surface area contributed by atoms with Gasteiger partial charge in [-0.1, -0.05) is 40.5 Å². The molecule has 0 unspecified atom stereocenters. The number of rotatable bonds is 3. The SMILES string of the molecule is CC(C)CC#CCO[Si](C)(C)C(C)(C)C. The Morgan fingerprint density at radius 1 is 1.13 bits per heavy atom. The van der Waals surface area contributed by atoms with Gasteiger partial charge in [-0.15, -0.1) is 5.92 Å². The first kappa shape index (κ1) is 14.7. The first-order valence-corrected chi connectivity index (χ1v) is 8.67. The summed E-state index contributed by atoms with van der Waals surface area (Å²) in [7, 11) is -1.58. The maximum absolute atomic E-state index is 5.94. The summed E-state index contributed by atoms with van der Waals surface area (Å²) in [5.74, 6) is 6.92. The molecule has 0 fully saturated rings. The van der Waals surface area contributed by atoms with E-state index < -0.39 is 8.32 Å². The first-order chi connectivity index (χ1) is 6.67. The van der Waals surface area contributed by atoms with Gasteiger partial charge < -0.3 is 4.43 Å². The molecule has 0 aliphatic heterocycles. The minimum atomic E-state index is -1.58. The molecule has 0 amide bonds. The summed E-state index contributed by atoms with van der Waals surface area (Å²) < 4.78 is 5.94. The smallest absolute Gasteiger partial charge is 0.193 e. The van der Waals surface area contributed by atoms with Crippen LogP contribution in [0, 0.1) is 17.8 Å². The van der Waals surface area contributed by atoms with Gasteiger partial charge in [0.1, 0.15) is 0 Å². The molecule has 0 aliphatic rings. The zero-order chi connectivity index (χ0) is 12.1. The average Bonchev–Trinajstić information content (AvgIpc) is 2.00. The largest absolute Gasteiger partial charge is 0.406 e. The molecule has 88 valence electrons. The lowest BCUT2D eigenvalue weighted by molar-refractivity contribution is 0.334. The van der Waals surface area contributed by atoms with Crippen molar-refractivity contribution in [2.45, 2.75) is 59.2 Å². The maximum Gasteiger partial charge on any atom is 0.193 e. The normalized spacial score (nSPS) is 12.5. The predicted molar refractivity (Wildman–Crippen MR) is 70.4 cm³/mol. The van der Waals surface area contributed by atoms with E-state index in [-0.39, 0.29) is 5.04 Å². The molecule has 0 rings (SSSR count). The highest BCUT2D eigenvalue weighted by Gasteiger charge is 2.36. The van der Waals surface area contributed by atoms with Crippen molar-refractivity contribution in [3.8, 4) is 11.8 Å². The minimum Gasteiger partial charge on any atom is -0.406 e. The van der Waals surface area contributed by atoms with Gasteiger partial charge in [0.25, 0.3) is 0 Å². The highest BCUT2D eigenvalue weighted by atomic mass is 28.4. The fourth-order valence-corrected chi connectivity index (χ4v) is 1.63. The van der Waals surface area contributed by atoms with Crippen molar-refractivity contribution in [2.24, 2.45) is 5.92 Å². The quantitative estimate of drug-likeness (QED) is 0.521. The molecule has 0 bridgehead atoms. The Morgan fingerprint density at radius 3 is 2.07 bits per heavy atom. The van der Waals surface area contributed by atoms with Crippen molar-refractivity contribution in [1.29, 1.82) is 0 Å². The molecular weight excluding hydrogens is 200 g/mol. The summed E-state index contributed by atoms with van der Waals surface area (Å²) in [6, 6.07) is 0. The van der Waals surface area contributed by atoms with Crippen LogP contribution in [0.1, 0.15) is 41.0 Å². The predicted octanol–water partition coefficient (Wildman–Crippen LogP) is 4.06. The van der Waals surface area contributed by atoms with Gasteiger partial charge in [-0.05, 0) is 24.1 Å². The van der Waals surface area contributed by atoms with Crippen LogP contribution in [0.3, 0.4) is 0 Å². The second-order valence-corrected chi connectivity index (χ2v) is 10.8. The van der Waals surface area contributed by atoms with E-state index in [0.717, 1.165) is 6.42 Å². The fraction of sp³-hybridized carbons (Fsp3) is 0.846. The van der Waals surface area contributed by atoms with Crippen LogP contribution >= 0.6 is 0 Å². The van der Waals surface area contributed by atoms with E-state index in [9.17, 15) is 0 Å². The third-order valence-corrected chi connectivity index (χ3v) is 7.43. The third kappa shape index (κ3) is 6.02. The molecule has 1 nitrogen and oxygen atoms in total. The number of hydrogen-bond acceptors (Lipinski definition) is 1. The average molecular weight is 226 g/mol. The van der Waals surface area contributed by atoms with Gasteiger partial charge in [0.15, 0.2) is 8.32 Å². The van der Waals surface area contributed by atoms with Gasteiger partial charge in [0.05, 0.1) is 6.61 Å². The van der Waals surface area contributed by atoms with Crippen LogP contribution in [-0.4, -0.2) is 14.9 Å². The zero-order valence-electron chi connectivity index (χ0n) is 11.4. The molecule has 15 heavy (non-hydrogen) atoms. The molecule has 0 aromatic rings. The lowest BCUT2D eigenvalue weighted by atomic mass is 10.1. The van der Waals surface area contributed by atoms with Crippen molar-refractivity contribution in [3.05, 3.63) is 0 Å². The van der Waals surface area contributed by atoms with Crippen molar-refractivity contribution in [3.63, 3.8) is 0 Å². The lowest BCUT2D eigenvalue weighted by Gasteiger charge is -2.35. The van der Waals surface area contributed by atoms with Crippen LogP contribution in [0.2, 0.25) is 18.1 Å². The second-order valence-electron chi connectivity index (χ2n) is 6.00. The molecule has 0 aliphatic carbocycles. The Labute approximate surface area is 96.7 Å². The van der Waals surface area contributed by atoms with Crippen LogP contribution in [0.4, 0.5) is 0 Å². The van der Waals surface area contributed by atoms with E-state index in [1.807, 2.05) is 0 Å². The van der Waals surface area contributed by atoms with Crippen molar-refractivity contribution < 1.29 is 4.43 Å². The van der Waals surface area contributed by atoms with Gasteiger partial charge in [0.2, 0.25) is 0 Å². The number of hydrogen-bond donors (Lipinski definition) is 0. The molecule has 0 aromatic carbocycles. The standard InChI is InChI=1S/C13H26OSi/c1-12(2)10-8-9-11-14-15(6,7)13(3,4)5/h12H,10-11H2,1-7H3. The second kappa shape index (κ2) is 5.72. The highest BCUT2D eigenvalue weighted by molar-refractivity contribution is 6.74. The minimum absolute atomic E-state index is 0.284. The van der Waals surface area contributed by atoms with E-state index in [1.54, 1.807) is 0 Å². The van der Waals surface area contributed by atoms with E-state index >= 15 is 0 Å². The van der Waals surface area contributed by atoms with E-state index in [0.29, 0.717) is 12.5 Å². The Bertz CT molecular complexity index is 237. The summed E-state index contributed by atoms with van der Waals surface area (Å²) in [5.41, 5.74) is 0. The van der Waals surface area contributed by atoms with E-state index in [4.69, 9.17) is 4.43 Å². The summed E-state index contributed by atoms with van der Waals surface area (Å²) in [5, 5.41) is 0.284. The van der Waals surface area contributed by atoms with Crippen molar-refractivity contribution in [1.82, 2.24) is 0 Å². The Morgan fingerprint density at radius 2 is 1.67 bits per heavy atom. The van der Waals surface area contributed by atoms with Gasteiger partial charge >= 0.3 is 0 Å². The molecule has 0 atom stereocenters. The van der Waals surface area contributed by atoms with Gasteiger partial charge in [-0.25, -0.2) is 0 Å². The molecule has 0 aromatic heterocycles. The molecule has 0 radical (unpaired) electrons. The van der Waals surface area contributed by atoms with Crippen LogP contribution < -0.4 is 0 Å². The fourth-order valence-electron chi connectivity index (χ4n) is 0.760. The van der Waals surface area contributed by atoms with Gasteiger partial charge in [0, 0.05) is 6.42 Å². The molecule has 2 heteroatoms. The van der Waals surface area contributed by atoms with E-state index in [2.05, 4.69) is 59.6 Å². The van der Waals surface area contributed by atoms with Crippen LogP contribution in [-0.2, 0) is 4.43 Å². The summed E-state index contributed by atoms with van der Waals surface area (Å²) in [4.78, 5) is 0. The van der Waals surface area contributed by atoms with Gasteiger partial charge in [-0.3, -0.25) is 0 Å². The monoisotopic (exact) mass is 226 g/mol. The highest BCUT2D eigenvalue weighted by Crippen LogP contribution is 2.36. The Balaban J connectivity index is 3.99.